The SMILES string of the molecule is CCCOC(=O)c1ccc(-c2ccc(C=C(C#N)C(=O)Nc3ccc(C(=O)OC)cc3)o2)cc1. The molecule has 3 aromatic rings. The second-order valence-corrected chi connectivity index (χ2v) is 7.11. The average molecular weight is 458 g/mol. The molecule has 0 aliphatic carbocycles. The number of nitriles is 1. The molecule has 3 rings (SSSR count). The Morgan fingerprint density at radius 3 is 2.24 bits per heavy atom. The number of anilines is 1. The van der Waals surface area contributed by atoms with Gasteiger partial charge >= 0.3 is 11.9 Å². The van der Waals surface area contributed by atoms with Gasteiger partial charge in [0, 0.05) is 17.3 Å². The predicted molar refractivity (Wildman–Crippen MR) is 125 cm³/mol. The van der Waals surface area contributed by atoms with Gasteiger partial charge in [0.15, 0.2) is 0 Å². The van der Waals surface area contributed by atoms with Gasteiger partial charge in [-0.15, -0.1) is 0 Å². The number of methoxy groups -OCH3 is 1. The number of carbonyl (C=O) groups is 3. The molecule has 34 heavy (non-hydrogen) atoms. The van der Waals surface area contributed by atoms with Crippen LogP contribution in [-0.4, -0.2) is 31.6 Å². The second-order valence-electron chi connectivity index (χ2n) is 7.11. The minimum atomic E-state index is -0.624. The summed E-state index contributed by atoms with van der Waals surface area (Å²) in [6, 6.07) is 18.0. The highest BCUT2D eigenvalue weighted by Gasteiger charge is 2.13. The highest BCUT2D eigenvalue weighted by Crippen LogP contribution is 2.24. The van der Waals surface area contributed by atoms with E-state index in [4.69, 9.17) is 9.15 Å². The molecule has 0 radical (unpaired) electrons. The number of nitrogens with zero attached hydrogens (tertiary/aromatic N) is 1. The summed E-state index contributed by atoms with van der Waals surface area (Å²) < 4.78 is 15.5. The lowest BCUT2D eigenvalue weighted by atomic mass is 10.1. The van der Waals surface area contributed by atoms with Gasteiger partial charge in [-0.05, 0) is 55.0 Å². The van der Waals surface area contributed by atoms with Crippen molar-refractivity contribution >= 4 is 29.6 Å². The molecule has 172 valence electrons. The quantitative estimate of drug-likeness (QED) is 0.291. The molecule has 8 heteroatoms. The molecule has 0 unspecified atom stereocenters. The number of hydrogen-bond donors (Lipinski definition) is 1. The Labute approximate surface area is 196 Å². The third-order valence-electron chi connectivity index (χ3n) is 4.68. The molecule has 0 aliphatic rings. The second kappa shape index (κ2) is 11.3. The van der Waals surface area contributed by atoms with E-state index >= 15 is 0 Å². The Bertz CT molecular complexity index is 1250. The van der Waals surface area contributed by atoms with Crippen LogP contribution in [0.2, 0.25) is 0 Å². The number of hydrogen-bond acceptors (Lipinski definition) is 7. The van der Waals surface area contributed by atoms with Crippen molar-refractivity contribution in [3.8, 4) is 17.4 Å². The number of benzene rings is 2. The molecule has 8 nitrogen and oxygen atoms in total. The first-order chi connectivity index (χ1) is 16.4. The number of rotatable bonds is 8. The lowest BCUT2D eigenvalue weighted by molar-refractivity contribution is -0.112. The van der Waals surface area contributed by atoms with Crippen LogP contribution < -0.4 is 5.32 Å². The summed E-state index contributed by atoms with van der Waals surface area (Å²) in [5, 5.41) is 12.0. The van der Waals surface area contributed by atoms with Gasteiger partial charge in [0.05, 0.1) is 24.8 Å². The molecular formula is C26H22N2O6. The maximum atomic E-state index is 12.5. The normalized spacial score (nSPS) is 10.8. The molecule has 1 amide bonds. The maximum Gasteiger partial charge on any atom is 0.338 e. The Morgan fingerprint density at radius 1 is 0.971 bits per heavy atom. The number of amides is 1. The number of carbonyl (C=O) groups excluding carboxylic acids is 3. The lowest BCUT2D eigenvalue weighted by Gasteiger charge is -2.05. The lowest BCUT2D eigenvalue weighted by Crippen LogP contribution is -2.13. The van der Waals surface area contributed by atoms with Crippen molar-refractivity contribution in [1.82, 2.24) is 0 Å². The smallest absolute Gasteiger partial charge is 0.338 e. The van der Waals surface area contributed by atoms with E-state index in [1.165, 1.54) is 37.5 Å². The van der Waals surface area contributed by atoms with E-state index in [1.54, 1.807) is 36.4 Å². The van der Waals surface area contributed by atoms with Crippen molar-refractivity contribution in [2.75, 3.05) is 19.0 Å². The van der Waals surface area contributed by atoms with E-state index in [0.717, 1.165) is 12.0 Å². The molecule has 0 saturated heterocycles. The van der Waals surface area contributed by atoms with Gasteiger partial charge in [0.1, 0.15) is 23.2 Å². The largest absolute Gasteiger partial charge is 0.465 e. The number of esters is 2. The molecule has 0 fully saturated rings. The zero-order valence-corrected chi connectivity index (χ0v) is 18.7. The summed E-state index contributed by atoms with van der Waals surface area (Å²) in [4.78, 5) is 35.9. The van der Waals surface area contributed by atoms with Crippen LogP contribution in [0.3, 0.4) is 0 Å². The molecule has 0 atom stereocenters. The van der Waals surface area contributed by atoms with E-state index < -0.39 is 11.9 Å². The topological polar surface area (TPSA) is 119 Å². The van der Waals surface area contributed by atoms with Gasteiger partial charge in [0.25, 0.3) is 5.91 Å². The van der Waals surface area contributed by atoms with Gasteiger partial charge in [-0.3, -0.25) is 4.79 Å². The molecule has 1 heterocycles. The molecule has 0 saturated carbocycles. The number of furan rings is 1. The highest BCUT2D eigenvalue weighted by atomic mass is 16.5. The van der Waals surface area contributed by atoms with Crippen molar-refractivity contribution in [3.05, 3.63) is 83.1 Å². The highest BCUT2D eigenvalue weighted by molar-refractivity contribution is 6.09. The monoisotopic (exact) mass is 458 g/mol. The summed E-state index contributed by atoms with van der Waals surface area (Å²) in [6.07, 6.45) is 2.08. The molecule has 1 aromatic heterocycles. The van der Waals surface area contributed by atoms with Crippen LogP contribution >= 0.6 is 0 Å². The fourth-order valence-corrected chi connectivity index (χ4v) is 2.93. The Kier molecular flexibility index (Phi) is 7.97. The summed E-state index contributed by atoms with van der Waals surface area (Å²) in [7, 11) is 1.28. The maximum absolute atomic E-state index is 12.5. The summed E-state index contributed by atoms with van der Waals surface area (Å²) in [5.41, 5.74) is 1.75. The van der Waals surface area contributed by atoms with Crippen LogP contribution in [-0.2, 0) is 14.3 Å². The van der Waals surface area contributed by atoms with Crippen molar-refractivity contribution in [2.24, 2.45) is 0 Å². The van der Waals surface area contributed by atoms with E-state index in [9.17, 15) is 19.6 Å². The van der Waals surface area contributed by atoms with Gasteiger partial charge < -0.3 is 19.2 Å². The predicted octanol–water partition coefficient (Wildman–Crippen LogP) is 4.85. The third-order valence-corrected chi connectivity index (χ3v) is 4.68. The van der Waals surface area contributed by atoms with Crippen LogP contribution in [0, 0.1) is 11.3 Å². The van der Waals surface area contributed by atoms with E-state index in [-0.39, 0.29) is 11.5 Å². The first-order valence-corrected chi connectivity index (χ1v) is 10.4. The minimum absolute atomic E-state index is 0.160. The van der Waals surface area contributed by atoms with Gasteiger partial charge in [0.2, 0.25) is 0 Å². The zero-order chi connectivity index (χ0) is 24.5. The minimum Gasteiger partial charge on any atom is -0.465 e. The molecule has 0 spiro atoms. The number of nitrogens with one attached hydrogen (secondary N) is 1. The van der Waals surface area contributed by atoms with Crippen molar-refractivity contribution in [3.63, 3.8) is 0 Å². The molecule has 2 aromatic carbocycles. The van der Waals surface area contributed by atoms with Crippen LogP contribution in [0.25, 0.3) is 17.4 Å². The summed E-state index contributed by atoms with van der Waals surface area (Å²) in [6.45, 7) is 2.28. The van der Waals surface area contributed by atoms with E-state index in [2.05, 4.69) is 10.1 Å². The molecular weight excluding hydrogens is 436 g/mol. The molecule has 0 bridgehead atoms. The Hall–Kier alpha value is -4.64. The van der Waals surface area contributed by atoms with Gasteiger partial charge in [-0.1, -0.05) is 19.1 Å². The first kappa shape index (κ1) is 24.0. The van der Waals surface area contributed by atoms with Crippen LogP contribution in [0.4, 0.5) is 5.69 Å². The van der Waals surface area contributed by atoms with Crippen molar-refractivity contribution in [1.29, 1.82) is 5.26 Å². The van der Waals surface area contributed by atoms with Gasteiger partial charge in [-0.25, -0.2) is 9.59 Å². The van der Waals surface area contributed by atoms with Crippen molar-refractivity contribution in [2.45, 2.75) is 13.3 Å². The Morgan fingerprint density at radius 2 is 1.62 bits per heavy atom. The first-order valence-electron chi connectivity index (χ1n) is 10.4. The Balaban J connectivity index is 1.70. The summed E-state index contributed by atoms with van der Waals surface area (Å²) >= 11 is 0. The van der Waals surface area contributed by atoms with E-state index in [1.807, 2.05) is 13.0 Å². The van der Waals surface area contributed by atoms with Crippen molar-refractivity contribution < 1.29 is 28.3 Å². The standard InChI is InChI=1S/C26H22N2O6/c1-3-14-33-26(31)19-6-4-17(5-7-19)23-13-12-22(34-23)15-20(16-27)24(29)28-21-10-8-18(9-11-21)25(30)32-2/h4-13,15H,3,14H2,1-2H3,(H,28,29). The van der Waals surface area contributed by atoms with E-state index in [0.29, 0.717) is 34.9 Å². The fraction of sp³-hybridized carbons (Fsp3) is 0.154. The summed E-state index contributed by atoms with van der Waals surface area (Å²) in [5.74, 6) is -0.678. The van der Waals surface area contributed by atoms with Crippen LogP contribution in [0.5, 0.6) is 0 Å². The third kappa shape index (κ3) is 5.99. The average Bonchev–Trinajstić information content (AvgIpc) is 3.34. The number of ether oxygens (including phenoxy) is 2. The van der Waals surface area contributed by atoms with Gasteiger partial charge in [-0.2, -0.15) is 5.26 Å². The molecule has 1 N–H and O–H groups in total. The van der Waals surface area contributed by atoms with Crippen LogP contribution in [0.1, 0.15) is 39.8 Å². The fourth-order valence-electron chi connectivity index (χ4n) is 2.93. The molecule has 0 aliphatic heterocycles. The zero-order valence-electron chi connectivity index (χ0n) is 18.7. The van der Waals surface area contributed by atoms with Crippen LogP contribution in [0.15, 0.2) is 70.7 Å².